The molecule has 33 heavy (non-hydrogen) atoms. The second kappa shape index (κ2) is 15.9. The van der Waals surface area contributed by atoms with E-state index < -0.39 is 6.09 Å². The van der Waals surface area contributed by atoms with Gasteiger partial charge in [0.25, 0.3) is 0 Å². The lowest BCUT2D eigenvalue weighted by molar-refractivity contribution is -0.143. The van der Waals surface area contributed by atoms with Gasteiger partial charge in [-0.2, -0.15) is 0 Å². The minimum absolute atomic E-state index is 0.00257. The highest BCUT2D eigenvalue weighted by Gasteiger charge is 2.20. The molecule has 0 heterocycles. The molecular weight excluding hydrogens is 418 g/mol. The number of carbonyl (C=O) groups is 2. The van der Waals surface area contributed by atoms with Gasteiger partial charge in [0.2, 0.25) is 0 Å². The van der Waals surface area contributed by atoms with Gasteiger partial charge < -0.3 is 19.5 Å². The molecule has 2 atom stereocenters. The first-order valence-corrected chi connectivity index (χ1v) is 11.9. The number of esters is 1. The fraction of sp³-hybridized carbons (Fsp3) is 0.481. The zero-order chi connectivity index (χ0) is 23.7. The molecule has 0 saturated heterocycles. The van der Waals surface area contributed by atoms with Crippen LogP contribution in [0.15, 0.2) is 60.7 Å². The van der Waals surface area contributed by atoms with Crippen LogP contribution in [0, 0.1) is 0 Å². The van der Waals surface area contributed by atoms with Gasteiger partial charge in [0, 0.05) is 12.5 Å². The fourth-order valence-corrected chi connectivity index (χ4v) is 3.60. The van der Waals surface area contributed by atoms with E-state index in [1.807, 2.05) is 60.7 Å². The van der Waals surface area contributed by atoms with Gasteiger partial charge in [-0.05, 0) is 43.7 Å². The van der Waals surface area contributed by atoms with Crippen molar-refractivity contribution in [3.63, 3.8) is 0 Å². The lowest BCUT2D eigenvalue weighted by Gasteiger charge is -2.25. The molecule has 6 heteroatoms. The van der Waals surface area contributed by atoms with E-state index >= 15 is 0 Å². The molecule has 180 valence electrons. The van der Waals surface area contributed by atoms with E-state index in [1.54, 1.807) is 6.92 Å². The zero-order valence-corrected chi connectivity index (χ0v) is 19.8. The van der Waals surface area contributed by atoms with Crippen LogP contribution in [-0.2, 0) is 32.2 Å². The molecule has 0 fully saturated rings. The third-order valence-corrected chi connectivity index (χ3v) is 5.26. The number of hydrogen-bond donors (Lipinski definition) is 1. The van der Waals surface area contributed by atoms with Crippen molar-refractivity contribution in [1.29, 1.82) is 0 Å². The Balaban J connectivity index is 1.92. The van der Waals surface area contributed by atoms with Gasteiger partial charge in [-0.25, -0.2) is 4.79 Å². The molecule has 0 radical (unpaired) electrons. The Kier molecular flexibility index (Phi) is 12.7. The minimum Gasteiger partial charge on any atom is -0.466 e. The second-order valence-corrected chi connectivity index (χ2v) is 8.04. The summed E-state index contributed by atoms with van der Waals surface area (Å²) in [5.74, 6) is -0.215. The maximum atomic E-state index is 12.5. The van der Waals surface area contributed by atoms with E-state index in [1.165, 1.54) is 0 Å². The number of hydrogen-bond acceptors (Lipinski definition) is 5. The minimum atomic E-state index is -0.460. The van der Waals surface area contributed by atoms with Gasteiger partial charge in [-0.15, -0.1) is 0 Å². The molecule has 2 aromatic rings. The van der Waals surface area contributed by atoms with E-state index in [0.29, 0.717) is 38.9 Å². The highest BCUT2D eigenvalue weighted by molar-refractivity contribution is 5.69. The van der Waals surface area contributed by atoms with Gasteiger partial charge >= 0.3 is 12.1 Å². The summed E-state index contributed by atoms with van der Waals surface area (Å²) in [4.78, 5) is 24.2. The normalized spacial score (nSPS) is 12.5. The van der Waals surface area contributed by atoms with Gasteiger partial charge in [0.15, 0.2) is 0 Å². The van der Waals surface area contributed by atoms with Crippen LogP contribution in [0.2, 0.25) is 0 Å². The molecule has 0 saturated carbocycles. The number of nitrogens with one attached hydrogen (secondary N) is 1. The largest absolute Gasteiger partial charge is 0.466 e. The molecular formula is C27H37NO5. The molecule has 0 aliphatic carbocycles. The van der Waals surface area contributed by atoms with Crippen LogP contribution in [0.3, 0.4) is 0 Å². The molecule has 0 aliphatic rings. The van der Waals surface area contributed by atoms with Crippen molar-refractivity contribution in [3.05, 3.63) is 71.8 Å². The van der Waals surface area contributed by atoms with Crippen LogP contribution in [-0.4, -0.2) is 30.8 Å². The summed E-state index contributed by atoms with van der Waals surface area (Å²) in [6.07, 6.45) is 3.66. The van der Waals surface area contributed by atoms with Gasteiger partial charge in [-0.3, -0.25) is 4.79 Å². The Morgan fingerprint density at radius 3 is 2.09 bits per heavy atom. The number of rotatable bonds is 15. The summed E-state index contributed by atoms with van der Waals surface area (Å²) < 4.78 is 16.6. The third-order valence-electron chi connectivity index (χ3n) is 5.26. The molecule has 2 aromatic carbocycles. The Morgan fingerprint density at radius 1 is 0.848 bits per heavy atom. The molecule has 0 bridgehead atoms. The molecule has 2 rings (SSSR count). The van der Waals surface area contributed by atoms with Gasteiger partial charge in [0.1, 0.15) is 6.61 Å². The predicted molar refractivity (Wildman–Crippen MR) is 129 cm³/mol. The van der Waals surface area contributed by atoms with Crippen LogP contribution in [0.1, 0.15) is 63.5 Å². The number of carbonyl (C=O) groups excluding carboxylic acids is 2. The monoisotopic (exact) mass is 455 g/mol. The maximum absolute atomic E-state index is 12.5. The highest BCUT2D eigenvalue weighted by Crippen LogP contribution is 2.17. The van der Waals surface area contributed by atoms with Crippen LogP contribution >= 0.6 is 0 Å². The highest BCUT2D eigenvalue weighted by atomic mass is 16.5. The first kappa shape index (κ1) is 26.4. The maximum Gasteiger partial charge on any atom is 0.407 e. The quantitative estimate of drug-likeness (QED) is 0.344. The summed E-state index contributed by atoms with van der Waals surface area (Å²) >= 11 is 0. The second-order valence-electron chi connectivity index (χ2n) is 8.04. The topological polar surface area (TPSA) is 73.9 Å². The summed E-state index contributed by atoms with van der Waals surface area (Å²) in [5.41, 5.74) is 2.05. The fourth-order valence-electron chi connectivity index (χ4n) is 3.60. The van der Waals surface area contributed by atoms with E-state index in [9.17, 15) is 9.59 Å². The summed E-state index contributed by atoms with van der Waals surface area (Å²) in [6.45, 7) is 5.03. The van der Waals surface area contributed by atoms with Crippen molar-refractivity contribution in [1.82, 2.24) is 5.32 Å². The number of amides is 1. The molecule has 0 aromatic heterocycles. The lowest BCUT2D eigenvalue weighted by atomic mass is 10.00. The van der Waals surface area contributed by atoms with E-state index in [-0.39, 0.29) is 24.7 Å². The van der Waals surface area contributed by atoms with Crippen molar-refractivity contribution in [2.75, 3.05) is 6.61 Å². The standard InChI is InChI=1S/C27H37NO5/c1-3-12-25(32-20-22-13-7-5-8-14-22)19-24(17-11-18-26(29)31-4-2)28-27(30)33-21-23-15-9-6-10-16-23/h5-10,13-16,24-25H,3-4,11-12,17-21H2,1-2H3,(H,28,30)/t24-,25+/m1/s1. The van der Waals surface area contributed by atoms with E-state index in [0.717, 1.165) is 24.0 Å². The van der Waals surface area contributed by atoms with Gasteiger partial charge in [0.05, 0.1) is 19.3 Å². The number of ether oxygens (including phenoxy) is 3. The van der Waals surface area contributed by atoms with Crippen molar-refractivity contribution in [2.24, 2.45) is 0 Å². The Bertz CT molecular complexity index is 797. The summed E-state index contributed by atoms with van der Waals surface area (Å²) in [5, 5.41) is 2.99. The molecule has 1 N–H and O–H groups in total. The smallest absolute Gasteiger partial charge is 0.407 e. The van der Waals surface area contributed by atoms with Crippen LogP contribution in [0.4, 0.5) is 4.79 Å². The number of alkyl carbamates (subject to hydrolysis) is 1. The Morgan fingerprint density at radius 2 is 1.48 bits per heavy atom. The average molecular weight is 456 g/mol. The van der Waals surface area contributed by atoms with Crippen LogP contribution in [0.5, 0.6) is 0 Å². The van der Waals surface area contributed by atoms with Crippen molar-refractivity contribution in [2.45, 2.75) is 77.7 Å². The van der Waals surface area contributed by atoms with Crippen molar-refractivity contribution < 1.29 is 23.8 Å². The third kappa shape index (κ3) is 11.5. The molecule has 0 spiro atoms. The first-order chi connectivity index (χ1) is 16.1. The van der Waals surface area contributed by atoms with Crippen molar-refractivity contribution in [3.8, 4) is 0 Å². The summed E-state index contributed by atoms with van der Waals surface area (Å²) in [7, 11) is 0. The molecule has 1 amide bonds. The predicted octanol–water partition coefficient (Wildman–Crippen LogP) is 5.79. The molecule has 0 aliphatic heterocycles. The lowest BCUT2D eigenvalue weighted by Crippen LogP contribution is -2.38. The van der Waals surface area contributed by atoms with Crippen molar-refractivity contribution >= 4 is 12.1 Å². The Hall–Kier alpha value is -2.86. The molecule has 0 unspecified atom stereocenters. The Labute approximate surface area is 197 Å². The first-order valence-electron chi connectivity index (χ1n) is 11.9. The van der Waals surface area contributed by atoms with Gasteiger partial charge in [-0.1, -0.05) is 74.0 Å². The SMILES string of the molecule is CCC[C@@H](C[C@@H](CCCC(=O)OCC)NC(=O)OCc1ccccc1)OCc1ccccc1. The van der Waals surface area contributed by atoms with E-state index in [4.69, 9.17) is 14.2 Å². The molecule has 6 nitrogen and oxygen atoms in total. The average Bonchev–Trinajstić information content (AvgIpc) is 2.83. The number of benzene rings is 2. The van der Waals surface area contributed by atoms with Crippen LogP contribution < -0.4 is 5.32 Å². The summed E-state index contributed by atoms with van der Waals surface area (Å²) in [6, 6.07) is 19.5. The zero-order valence-electron chi connectivity index (χ0n) is 19.8. The van der Waals surface area contributed by atoms with E-state index in [2.05, 4.69) is 12.2 Å². The van der Waals surface area contributed by atoms with Crippen LogP contribution in [0.25, 0.3) is 0 Å².